The Bertz CT molecular complexity index is 1320. The summed E-state index contributed by atoms with van der Waals surface area (Å²) in [4.78, 5) is 8.69. The second-order valence-corrected chi connectivity index (χ2v) is 9.85. The summed E-state index contributed by atoms with van der Waals surface area (Å²) in [6.07, 6.45) is 4.33. The van der Waals surface area contributed by atoms with E-state index in [1.807, 2.05) is 21.6 Å². The molecule has 0 spiro atoms. The molecule has 0 bridgehead atoms. The van der Waals surface area contributed by atoms with E-state index in [0.717, 1.165) is 12.1 Å². The molecule has 3 aromatic rings. The van der Waals surface area contributed by atoms with Crippen LogP contribution in [-0.4, -0.2) is 45.3 Å². The molecule has 0 radical (unpaired) electrons. The first-order valence-corrected chi connectivity index (χ1v) is 12.1. The lowest BCUT2D eigenvalue weighted by Crippen LogP contribution is -2.31. The third kappa shape index (κ3) is 4.19. The first-order valence-electron chi connectivity index (χ1n) is 10.7. The van der Waals surface area contributed by atoms with Crippen molar-refractivity contribution in [3.63, 3.8) is 0 Å². The van der Waals surface area contributed by atoms with Crippen molar-refractivity contribution in [2.45, 2.75) is 43.9 Å². The van der Waals surface area contributed by atoms with Crippen molar-refractivity contribution in [2.24, 2.45) is 5.92 Å². The average Bonchev–Trinajstić information content (AvgIpc) is 3.46. The van der Waals surface area contributed by atoms with E-state index >= 15 is 0 Å². The van der Waals surface area contributed by atoms with Crippen molar-refractivity contribution in [3.8, 4) is 0 Å². The van der Waals surface area contributed by atoms with Crippen LogP contribution in [0.4, 0.5) is 14.6 Å². The highest BCUT2D eigenvalue weighted by Gasteiger charge is 2.35. The lowest BCUT2D eigenvalue weighted by molar-refractivity contribution is 0.133. The van der Waals surface area contributed by atoms with Gasteiger partial charge in [0.15, 0.2) is 0 Å². The van der Waals surface area contributed by atoms with Gasteiger partial charge in [-0.1, -0.05) is 0 Å². The third-order valence-corrected chi connectivity index (χ3v) is 7.18. The highest BCUT2D eigenvalue weighted by atomic mass is 32.2. The first-order chi connectivity index (χ1) is 15.7. The predicted octanol–water partition coefficient (Wildman–Crippen LogP) is 2.51. The van der Waals surface area contributed by atoms with Gasteiger partial charge in [0.1, 0.15) is 29.4 Å². The molecule has 4 atom stereocenters. The standard InChI is InChI=1S/C21H23F2N5O4S/c22-15-2-3-16(23)19-13(15)1-4-17(19)27-20-14-5-6-28(21(14)25-10-24-20)12-7-11(18(29)8-12)9-26-33(30,31)32/h2-3,5-6,10-12,17-18,26,29H,1,4,7-9H2,(H,24,25,27)(H,30,31,32)/t11-,12+,17-,18-/m0/s1. The summed E-state index contributed by atoms with van der Waals surface area (Å²) < 4.78 is 63.3. The zero-order valence-corrected chi connectivity index (χ0v) is 18.3. The second kappa shape index (κ2) is 8.28. The van der Waals surface area contributed by atoms with E-state index in [9.17, 15) is 22.3 Å². The number of nitrogens with one attached hydrogen (secondary N) is 2. The van der Waals surface area contributed by atoms with Gasteiger partial charge in [-0.2, -0.15) is 13.1 Å². The van der Waals surface area contributed by atoms with Crippen LogP contribution in [0.15, 0.2) is 30.7 Å². The molecular formula is C21H23F2N5O4S. The Hall–Kier alpha value is -2.67. The van der Waals surface area contributed by atoms with Crippen LogP contribution in [-0.2, 0) is 16.7 Å². The van der Waals surface area contributed by atoms with Gasteiger partial charge in [0, 0.05) is 30.3 Å². The van der Waals surface area contributed by atoms with Crippen LogP contribution in [0.1, 0.15) is 42.5 Å². The highest BCUT2D eigenvalue weighted by molar-refractivity contribution is 7.83. The Morgan fingerprint density at radius 2 is 1.94 bits per heavy atom. The minimum Gasteiger partial charge on any atom is -0.393 e. The normalized spacial score (nSPS) is 25.0. The summed E-state index contributed by atoms with van der Waals surface area (Å²) in [6, 6.07) is 3.56. The highest BCUT2D eigenvalue weighted by Crippen LogP contribution is 2.40. The summed E-state index contributed by atoms with van der Waals surface area (Å²) >= 11 is 0. The largest absolute Gasteiger partial charge is 0.393 e. The van der Waals surface area contributed by atoms with Crippen molar-refractivity contribution < 1.29 is 26.9 Å². The van der Waals surface area contributed by atoms with E-state index in [0.29, 0.717) is 53.7 Å². The number of aromatic nitrogens is 3. The molecule has 2 heterocycles. The van der Waals surface area contributed by atoms with Crippen molar-refractivity contribution in [2.75, 3.05) is 11.9 Å². The van der Waals surface area contributed by atoms with Gasteiger partial charge >= 0.3 is 10.3 Å². The molecule has 176 valence electrons. The molecule has 0 amide bonds. The van der Waals surface area contributed by atoms with Crippen molar-refractivity contribution >= 4 is 27.2 Å². The van der Waals surface area contributed by atoms with Gasteiger partial charge in [0.05, 0.1) is 17.5 Å². The average molecular weight is 480 g/mol. The lowest BCUT2D eigenvalue weighted by Gasteiger charge is -2.17. The number of halogens is 2. The molecule has 0 saturated heterocycles. The van der Waals surface area contributed by atoms with Gasteiger partial charge in [-0.15, -0.1) is 0 Å². The number of hydrogen-bond donors (Lipinski definition) is 4. The number of aliphatic hydroxyl groups is 1. The zero-order valence-electron chi connectivity index (χ0n) is 17.4. The van der Waals surface area contributed by atoms with Gasteiger partial charge < -0.3 is 15.0 Å². The van der Waals surface area contributed by atoms with E-state index in [2.05, 4.69) is 15.3 Å². The topological polar surface area (TPSA) is 129 Å². The van der Waals surface area contributed by atoms with Gasteiger partial charge in [-0.05, 0) is 49.4 Å². The van der Waals surface area contributed by atoms with E-state index in [1.165, 1.54) is 6.33 Å². The van der Waals surface area contributed by atoms with Crippen LogP contribution >= 0.6 is 0 Å². The van der Waals surface area contributed by atoms with Crippen molar-refractivity contribution in [1.82, 2.24) is 19.3 Å². The zero-order chi connectivity index (χ0) is 23.3. The maximum absolute atomic E-state index is 14.4. The van der Waals surface area contributed by atoms with Gasteiger partial charge in [-0.3, -0.25) is 4.55 Å². The van der Waals surface area contributed by atoms with E-state index in [-0.39, 0.29) is 18.5 Å². The Morgan fingerprint density at radius 1 is 1.15 bits per heavy atom. The van der Waals surface area contributed by atoms with Gasteiger partial charge in [0.2, 0.25) is 0 Å². The van der Waals surface area contributed by atoms with Crippen LogP contribution in [0.25, 0.3) is 11.0 Å². The maximum atomic E-state index is 14.4. The van der Waals surface area contributed by atoms with Crippen molar-refractivity contribution in [1.29, 1.82) is 0 Å². The minimum absolute atomic E-state index is 0.0687. The predicted molar refractivity (Wildman–Crippen MR) is 116 cm³/mol. The second-order valence-electron chi connectivity index (χ2n) is 8.62. The molecule has 33 heavy (non-hydrogen) atoms. The summed E-state index contributed by atoms with van der Waals surface area (Å²) in [5, 5.41) is 14.3. The van der Waals surface area contributed by atoms with Crippen LogP contribution < -0.4 is 10.0 Å². The monoisotopic (exact) mass is 479 g/mol. The molecule has 0 aliphatic heterocycles. The number of hydrogen-bond acceptors (Lipinski definition) is 6. The SMILES string of the molecule is O=S(=O)(O)NC[C@@H]1C[C@@H](n2ccc3c(N[C@H]4CCc5c(F)ccc(F)c54)ncnc32)C[C@@H]1O. The van der Waals surface area contributed by atoms with E-state index in [1.54, 1.807) is 0 Å². The molecule has 5 rings (SSSR count). The fraction of sp³-hybridized carbons (Fsp3) is 0.429. The van der Waals surface area contributed by atoms with E-state index in [4.69, 9.17) is 4.55 Å². The van der Waals surface area contributed by atoms with Gasteiger partial charge in [-0.25, -0.2) is 18.7 Å². The van der Waals surface area contributed by atoms with Crippen LogP contribution in [0.2, 0.25) is 0 Å². The Morgan fingerprint density at radius 3 is 2.73 bits per heavy atom. The number of fused-ring (bicyclic) bond motifs is 2. The molecule has 2 aliphatic carbocycles. The summed E-state index contributed by atoms with van der Waals surface area (Å²) in [5.41, 5.74) is 1.33. The van der Waals surface area contributed by atoms with Crippen LogP contribution in [0, 0.1) is 17.6 Å². The molecule has 1 fully saturated rings. The maximum Gasteiger partial charge on any atom is 0.333 e. The molecular weight excluding hydrogens is 456 g/mol. The van der Waals surface area contributed by atoms with Crippen LogP contribution in [0.3, 0.4) is 0 Å². The molecule has 2 aromatic heterocycles. The smallest absolute Gasteiger partial charge is 0.333 e. The molecule has 12 heteroatoms. The molecule has 9 nitrogen and oxygen atoms in total. The molecule has 1 aromatic carbocycles. The summed E-state index contributed by atoms with van der Waals surface area (Å²) in [7, 11) is -4.33. The quantitative estimate of drug-likeness (QED) is 0.400. The third-order valence-electron chi connectivity index (χ3n) is 6.65. The Kier molecular flexibility index (Phi) is 5.55. The van der Waals surface area contributed by atoms with Crippen LogP contribution in [0.5, 0.6) is 0 Å². The summed E-state index contributed by atoms with van der Waals surface area (Å²) in [5.74, 6) is -0.716. The van der Waals surface area contributed by atoms with Crippen molar-refractivity contribution in [3.05, 3.63) is 53.5 Å². The van der Waals surface area contributed by atoms with Gasteiger partial charge in [0.25, 0.3) is 0 Å². The first kappa shape index (κ1) is 22.1. The van der Waals surface area contributed by atoms with E-state index < -0.39 is 34.1 Å². The number of benzene rings is 1. The summed E-state index contributed by atoms with van der Waals surface area (Å²) in [6.45, 7) is -0.0687. The lowest BCUT2D eigenvalue weighted by atomic mass is 10.1. The fourth-order valence-electron chi connectivity index (χ4n) is 5.10. The molecule has 4 N–H and O–H groups in total. The Labute approximate surface area is 188 Å². The molecule has 2 aliphatic rings. The number of rotatable bonds is 6. The number of anilines is 1. The number of nitrogens with zero attached hydrogens (tertiary/aromatic N) is 3. The number of aliphatic hydroxyl groups excluding tert-OH is 1. The minimum atomic E-state index is -4.33. The molecule has 0 unspecified atom stereocenters. The Balaban J connectivity index is 1.39. The fourth-order valence-corrected chi connectivity index (χ4v) is 5.52. The molecule has 1 saturated carbocycles.